The Kier molecular flexibility index (Phi) is 10.3. The molecule has 0 aliphatic heterocycles. The molecule has 0 amide bonds. The Morgan fingerprint density at radius 1 is 1.21 bits per heavy atom. The van der Waals surface area contributed by atoms with Crippen LogP contribution in [0.15, 0.2) is 35.3 Å². The van der Waals surface area contributed by atoms with Crippen LogP contribution in [0, 0.1) is 5.92 Å². The zero-order valence-corrected chi connectivity index (χ0v) is 17.6. The first-order valence-corrected chi connectivity index (χ1v) is 8.87. The smallest absolute Gasteiger partial charge is 0.190 e. The van der Waals surface area contributed by atoms with Crippen LogP contribution in [0.25, 0.3) is 0 Å². The second-order valence-corrected chi connectivity index (χ2v) is 6.70. The fourth-order valence-electron chi connectivity index (χ4n) is 2.67. The quantitative estimate of drug-likeness (QED) is 0.348. The number of hydrogen-bond acceptors (Lipinski definition) is 2. The van der Waals surface area contributed by atoms with Gasteiger partial charge in [0, 0.05) is 32.7 Å². The normalized spacial score (nSPS) is 15.8. The molecule has 0 spiro atoms. The molecular formula is C19H33IN4. The molecule has 1 saturated carbocycles. The van der Waals surface area contributed by atoms with Gasteiger partial charge in [0.05, 0.1) is 0 Å². The first kappa shape index (κ1) is 21.2. The maximum absolute atomic E-state index is 4.30. The van der Waals surface area contributed by atoms with Crippen LogP contribution in [0.5, 0.6) is 0 Å². The van der Waals surface area contributed by atoms with Crippen molar-refractivity contribution in [1.29, 1.82) is 0 Å². The van der Waals surface area contributed by atoms with Crippen LogP contribution in [0.3, 0.4) is 0 Å². The second kappa shape index (κ2) is 11.7. The van der Waals surface area contributed by atoms with Crippen LogP contribution in [0.1, 0.15) is 38.2 Å². The molecule has 24 heavy (non-hydrogen) atoms. The van der Waals surface area contributed by atoms with Crippen molar-refractivity contribution >= 4 is 29.9 Å². The van der Waals surface area contributed by atoms with Crippen LogP contribution in [0.2, 0.25) is 0 Å². The van der Waals surface area contributed by atoms with Crippen LogP contribution in [-0.2, 0) is 6.54 Å². The first-order chi connectivity index (χ1) is 11.2. The van der Waals surface area contributed by atoms with Gasteiger partial charge < -0.3 is 10.6 Å². The van der Waals surface area contributed by atoms with E-state index in [4.69, 9.17) is 0 Å². The number of guanidine groups is 1. The summed E-state index contributed by atoms with van der Waals surface area (Å²) in [6.45, 7) is 5.27. The van der Waals surface area contributed by atoms with Gasteiger partial charge in [-0.05, 0) is 38.3 Å². The van der Waals surface area contributed by atoms with Gasteiger partial charge in [-0.3, -0.25) is 9.89 Å². The lowest BCUT2D eigenvalue weighted by atomic mass is 10.1. The predicted octanol–water partition coefficient (Wildman–Crippen LogP) is 3.48. The number of benzene rings is 1. The van der Waals surface area contributed by atoms with Gasteiger partial charge in [0.15, 0.2) is 5.96 Å². The second-order valence-electron chi connectivity index (χ2n) is 6.70. The number of aliphatic imine (C=N–C) groups is 1. The van der Waals surface area contributed by atoms with E-state index in [1.807, 2.05) is 7.05 Å². The van der Waals surface area contributed by atoms with Gasteiger partial charge in [-0.15, -0.1) is 24.0 Å². The Labute approximate surface area is 164 Å². The molecule has 0 saturated heterocycles. The summed E-state index contributed by atoms with van der Waals surface area (Å²) in [5.41, 5.74) is 1.37. The standard InChI is InChI=1S/C19H32N4.HI/c1-16(23(3)15-18-7-5-4-6-8-18)11-13-21-19(20-2)22-14-12-17-9-10-17;/h4-8,16-17H,9-15H2,1-3H3,(H2,20,21,22);1H. The van der Waals surface area contributed by atoms with E-state index in [1.165, 1.54) is 24.8 Å². The van der Waals surface area contributed by atoms with Crippen molar-refractivity contribution in [2.24, 2.45) is 10.9 Å². The molecule has 1 aromatic rings. The molecule has 1 fully saturated rings. The van der Waals surface area contributed by atoms with Gasteiger partial charge in [0.1, 0.15) is 0 Å². The zero-order valence-electron chi connectivity index (χ0n) is 15.3. The van der Waals surface area contributed by atoms with Gasteiger partial charge in [-0.2, -0.15) is 0 Å². The molecule has 1 aromatic carbocycles. The summed E-state index contributed by atoms with van der Waals surface area (Å²) in [5, 5.41) is 6.83. The highest BCUT2D eigenvalue weighted by atomic mass is 127. The number of rotatable bonds is 9. The molecule has 1 unspecified atom stereocenters. The monoisotopic (exact) mass is 444 g/mol. The van der Waals surface area contributed by atoms with Crippen LogP contribution >= 0.6 is 24.0 Å². The molecule has 0 aromatic heterocycles. The molecule has 136 valence electrons. The maximum Gasteiger partial charge on any atom is 0.190 e. The van der Waals surface area contributed by atoms with Crippen LogP contribution in [-0.4, -0.2) is 44.1 Å². The van der Waals surface area contributed by atoms with Crippen molar-refractivity contribution < 1.29 is 0 Å². The summed E-state index contributed by atoms with van der Waals surface area (Å²) >= 11 is 0. The lowest BCUT2D eigenvalue weighted by Gasteiger charge is -2.25. The van der Waals surface area contributed by atoms with E-state index in [2.05, 4.69) is 64.8 Å². The third-order valence-electron chi connectivity index (χ3n) is 4.65. The number of halogens is 1. The molecular weight excluding hydrogens is 411 g/mol. The first-order valence-electron chi connectivity index (χ1n) is 8.87. The Bertz CT molecular complexity index is 474. The third kappa shape index (κ3) is 8.33. The lowest BCUT2D eigenvalue weighted by Crippen LogP contribution is -2.40. The largest absolute Gasteiger partial charge is 0.356 e. The lowest BCUT2D eigenvalue weighted by molar-refractivity contribution is 0.238. The number of nitrogens with one attached hydrogen (secondary N) is 2. The minimum Gasteiger partial charge on any atom is -0.356 e. The summed E-state index contributed by atoms with van der Waals surface area (Å²) in [6.07, 6.45) is 5.21. The van der Waals surface area contributed by atoms with Crippen molar-refractivity contribution in [3.63, 3.8) is 0 Å². The highest BCUT2D eigenvalue weighted by Crippen LogP contribution is 2.31. The average Bonchev–Trinajstić information content (AvgIpc) is 3.38. The highest BCUT2D eigenvalue weighted by Gasteiger charge is 2.20. The molecule has 4 nitrogen and oxygen atoms in total. The van der Waals surface area contributed by atoms with Crippen LogP contribution < -0.4 is 10.6 Å². The number of hydrogen-bond donors (Lipinski definition) is 2. The van der Waals surface area contributed by atoms with E-state index in [1.54, 1.807) is 0 Å². The Morgan fingerprint density at radius 2 is 1.88 bits per heavy atom. The summed E-state index contributed by atoms with van der Waals surface area (Å²) in [7, 11) is 4.04. The molecule has 2 N–H and O–H groups in total. The van der Waals surface area contributed by atoms with E-state index in [9.17, 15) is 0 Å². The predicted molar refractivity (Wildman–Crippen MR) is 114 cm³/mol. The van der Waals surface area contributed by atoms with Crippen molar-refractivity contribution in [2.45, 2.75) is 45.2 Å². The Hall–Kier alpha value is -0.820. The topological polar surface area (TPSA) is 39.7 Å². The average molecular weight is 444 g/mol. The van der Waals surface area contributed by atoms with Gasteiger partial charge >= 0.3 is 0 Å². The maximum atomic E-state index is 4.30. The SMILES string of the molecule is CN=C(NCCC1CC1)NCCC(C)N(C)Cc1ccccc1.I. The molecule has 0 bridgehead atoms. The zero-order chi connectivity index (χ0) is 16.5. The van der Waals surface area contributed by atoms with E-state index < -0.39 is 0 Å². The fraction of sp³-hybridized carbons (Fsp3) is 0.632. The van der Waals surface area contributed by atoms with E-state index >= 15 is 0 Å². The van der Waals surface area contributed by atoms with E-state index in [-0.39, 0.29) is 24.0 Å². The van der Waals surface area contributed by atoms with Crippen molar-refractivity contribution in [1.82, 2.24) is 15.5 Å². The molecule has 2 rings (SSSR count). The van der Waals surface area contributed by atoms with Gasteiger partial charge in [0.2, 0.25) is 0 Å². The van der Waals surface area contributed by atoms with E-state index in [0.717, 1.165) is 37.9 Å². The summed E-state index contributed by atoms with van der Waals surface area (Å²) in [4.78, 5) is 6.70. The molecule has 1 aliphatic carbocycles. The van der Waals surface area contributed by atoms with Gasteiger partial charge in [0.25, 0.3) is 0 Å². The summed E-state index contributed by atoms with van der Waals surface area (Å²) in [5.74, 6) is 1.90. The number of nitrogens with zero attached hydrogens (tertiary/aromatic N) is 2. The van der Waals surface area contributed by atoms with E-state index in [0.29, 0.717) is 6.04 Å². The molecule has 0 heterocycles. The Balaban J connectivity index is 0.00000288. The Morgan fingerprint density at radius 3 is 2.50 bits per heavy atom. The minimum atomic E-state index is 0. The highest BCUT2D eigenvalue weighted by molar-refractivity contribution is 14.0. The third-order valence-corrected chi connectivity index (χ3v) is 4.65. The fourth-order valence-corrected chi connectivity index (χ4v) is 2.67. The minimum absolute atomic E-state index is 0. The molecule has 1 atom stereocenters. The summed E-state index contributed by atoms with van der Waals surface area (Å²) < 4.78 is 0. The van der Waals surface area contributed by atoms with Gasteiger partial charge in [-0.1, -0.05) is 43.2 Å². The molecule has 5 heteroatoms. The summed E-state index contributed by atoms with van der Waals surface area (Å²) in [6, 6.07) is 11.2. The van der Waals surface area contributed by atoms with Crippen molar-refractivity contribution in [3.8, 4) is 0 Å². The van der Waals surface area contributed by atoms with Crippen LogP contribution in [0.4, 0.5) is 0 Å². The van der Waals surface area contributed by atoms with Crippen molar-refractivity contribution in [3.05, 3.63) is 35.9 Å². The molecule has 0 radical (unpaired) electrons. The van der Waals surface area contributed by atoms with Gasteiger partial charge in [-0.25, -0.2) is 0 Å². The molecule has 1 aliphatic rings. The van der Waals surface area contributed by atoms with Crippen molar-refractivity contribution in [2.75, 3.05) is 27.2 Å².